The SMILES string of the molecule is CC[C@@]1(C)CCCN(Cc2ccccc2)C1=O. The van der Waals surface area contributed by atoms with Crippen molar-refractivity contribution in [3.05, 3.63) is 35.9 Å². The molecule has 1 fully saturated rings. The van der Waals surface area contributed by atoms with E-state index in [2.05, 4.69) is 26.0 Å². The van der Waals surface area contributed by atoms with Gasteiger partial charge in [0.25, 0.3) is 0 Å². The monoisotopic (exact) mass is 231 g/mol. The molecule has 0 spiro atoms. The summed E-state index contributed by atoms with van der Waals surface area (Å²) < 4.78 is 0. The lowest BCUT2D eigenvalue weighted by Gasteiger charge is -2.39. The molecule has 0 saturated carbocycles. The Balaban J connectivity index is 2.09. The number of piperidine rings is 1. The average Bonchev–Trinajstić information content (AvgIpc) is 2.36. The fourth-order valence-electron chi connectivity index (χ4n) is 2.53. The second kappa shape index (κ2) is 4.91. The van der Waals surface area contributed by atoms with Crippen molar-refractivity contribution in [2.24, 2.45) is 5.41 Å². The van der Waals surface area contributed by atoms with Gasteiger partial charge in [-0.05, 0) is 24.8 Å². The summed E-state index contributed by atoms with van der Waals surface area (Å²) >= 11 is 0. The summed E-state index contributed by atoms with van der Waals surface area (Å²) in [4.78, 5) is 14.4. The fraction of sp³-hybridized carbons (Fsp3) is 0.533. The number of benzene rings is 1. The van der Waals surface area contributed by atoms with Crippen LogP contribution in [0.3, 0.4) is 0 Å². The summed E-state index contributed by atoms with van der Waals surface area (Å²) in [6.45, 7) is 5.88. The van der Waals surface area contributed by atoms with E-state index in [1.807, 2.05) is 23.1 Å². The number of carbonyl (C=O) groups is 1. The standard InChI is InChI=1S/C15H21NO/c1-3-15(2)10-7-11-16(14(15)17)12-13-8-5-4-6-9-13/h4-6,8-9H,3,7,10-12H2,1-2H3/t15-/m0/s1. The zero-order valence-electron chi connectivity index (χ0n) is 10.8. The molecule has 1 heterocycles. The van der Waals surface area contributed by atoms with Crippen LogP contribution in [0.5, 0.6) is 0 Å². The highest BCUT2D eigenvalue weighted by Crippen LogP contribution is 2.34. The molecule has 1 amide bonds. The molecule has 2 heteroatoms. The van der Waals surface area contributed by atoms with Gasteiger partial charge in [-0.15, -0.1) is 0 Å². The van der Waals surface area contributed by atoms with Crippen molar-refractivity contribution in [1.29, 1.82) is 0 Å². The van der Waals surface area contributed by atoms with Crippen LogP contribution in [0, 0.1) is 5.41 Å². The van der Waals surface area contributed by atoms with Gasteiger partial charge in [-0.25, -0.2) is 0 Å². The third-order valence-electron chi connectivity index (χ3n) is 3.96. The molecule has 0 bridgehead atoms. The van der Waals surface area contributed by atoms with Crippen LogP contribution < -0.4 is 0 Å². The van der Waals surface area contributed by atoms with Crippen molar-refractivity contribution in [3.8, 4) is 0 Å². The van der Waals surface area contributed by atoms with E-state index in [-0.39, 0.29) is 5.41 Å². The second-order valence-corrected chi connectivity index (χ2v) is 5.23. The quantitative estimate of drug-likeness (QED) is 0.782. The molecule has 0 N–H and O–H groups in total. The van der Waals surface area contributed by atoms with E-state index in [1.54, 1.807) is 0 Å². The second-order valence-electron chi connectivity index (χ2n) is 5.23. The van der Waals surface area contributed by atoms with Crippen LogP contribution in [0.1, 0.15) is 38.7 Å². The van der Waals surface area contributed by atoms with Gasteiger partial charge in [0, 0.05) is 18.5 Å². The van der Waals surface area contributed by atoms with Crippen LogP contribution in [-0.4, -0.2) is 17.4 Å². The molecule has 1 atom stereocenters. The topological polar surface area (TPSA) is 20.3 Å². The molecule has 1 aliphatic heterocycles. The number of hydrogen-bond donors (Lipinski definition) is 0. The molecule has 2 nitrogen and oxygen atoms in total. The number of rotatable bonds is 3. The maximum absolute atomic E-state index is 12.4. The summed E-state index contributed by atoms with van der Waals surface area (Å²) in [6.07, 6.45) is 3.10. The zero-order valence-corrected chi connectivity index (χ0v) is 10.8. The molecule has 92 valence electrons. The largest absolute Gasteiger partial charge is 0.338 e. The maximum Gasteiger partial charge on any atom is 0.228 e. The van der Waals surface area contributed by atoms with Crippen molar-refractivity contribution in [3.63, 3.8) is 0 Å². The summed E-state index contributed by atoms with van der Waals surface area (Å²) in [6, 6.07) is 10.2. The maximum atomic E-state index is 12.4. The summed E-state index contributed by atoms with van der Waals surface area (Å²) in [5.41, 5.74) is 1.09. The Hall–Kier alpha value is -1.31. The highest BCUT2D eigenvalue weighted by molar-refractivity contribution is 5.83. The Morgan fingerprint density at radius 3 is 2.65 bits per heavy atom. The number of hydrogen-bond acceptors (Lipinski definition) is 1. The van der Waals surface area contributed by atoms with Crippen molar-refractivity contribution in [2.45, 2.75) is 39.7 Å². The molecule has 1 aliphatic rings. The predicted molar refractivity (Wildman–Crippen MR) is 69.5 cm³/mol. The number of amides is 1. The normalized spacial score (nSPS) is 25.1. The van der Waals surface area contributed by atoms with Crippen LogP contribution >= 0.6 is 0 Å². The first kappa shape index (κ1) is 12.2. The molecule has 1 aromatic rings. The average molecular weight is 231 g/mol. The highest BCUT2D eigenvalue weighted by Gasteiger charge is 2.37. The van der Waals surface area contributed by atoms with Crippen LogP contribution in [0.2, 0.25) is 0 Å². The van der Waals surface area contributed by atoms with Gasteiger partial charge in [0.15, 0.2) is 0 Å². The van der Waals surface area contributed by atoms with E-state index >= 15 is 0 Å². The number of likely N-dealkylation sites (tertiary alicyclic amines) is 1. The van der Waals surface area contributed by atoms with E-state index in [0.717, 1.165) is 32.4 Å². The lowest BCUT2D eigenvalue weighted by molar-refractivity contribution is -0.146. The van der Waals surface area contributed by atoms with Crippen molar-refractivity contribution in [1.82, 2.24) is 4.90 Å². The van der Waals surface area contributed by atoms with E-state index < -0.39 is 0 Å². The Kier molecular flexibility index (Phi) is 3.51. The molecular formula is C15H21NO. The van der Waals surface area contributed by atoms with Crippen LogP contribution in [0.15, 0.2) is 30.3 Å². The minimum absolute atomic E-state index is 0.132. The number of nitrogens with zero attached hydrogens (tertiary/aromatic N) is 1. The Morgan fingerprint density at radius 1 is 1.29 bits per heavy atom. The summed E-state index contributed by atoms with van der Waals surface area (Å²) in [5, 5.41) is 0. The Bertz CT molecular complexity index is 387. The molecule has 0 aliphatic carbocycles. The minimum atomic E-state index is -0.132. The zero-order chi connectivity index (χ0) is 12.3. The fourth-order valence-corrected chi connectivity index (χ4v) is 2.53. The third kappa shape index (κ3) is 2.51. The Labute approximate surface area is 104 Å². The first-order chi connectivity index (χ1) is 8.15. The molecule has 2 rings (SSSR count). The van der Waals surface area contributed by atoms with Crippen molar-refractivity contribution >= 4 is 5.91 Å². The molecule has 1 saturated heterocycles. The third-order valence-corrected chi connectivity index (χ3v) is 3.96. The van der Waals surface area contributed by atoms with Gasteiger partial charge in [-0.3, -0.25) is 4.79 Å². The molecular weight excluding hydrogens is 210 g/mol. The van der Waals surface area contributed by atoms with Gasteiger partial charge in [0.1, 0.15) is 0 Å². The van der Waals surface area contributed by atoms with E-state index in [9.17, 15) is 4.79 Å². The van der Waals surface area contributed by atoms with Crippen molar-refractivity contribution < 1.29 is 4.79 Å². The molecule has 0 aromatic heterocycles. The van der Waals surface area contributed by atoms with Crippen LogP contribution in [0.4, 0.5) is 0 Å². The summed E-state index contributed by atoms with van der Waals surface area (Å²) in [7, 11) is 0. The predicted octanol–water partition coefficient (Wildman–Crippen LogP) is 3.23. The van der Waals surface area contributed by atoms with Gasteiger partial charge in [0.05, 0.1) is 0 Å². The smallest absolute Gasteiger partial charge is 0.228 e. The lowest BCUT2D eigenvalue weighted by atomic mass is 9.78. The molecule has 1 aromatic carbocycles. The first-order valence-electron chi connectivity index (χ1n) is 6.49. The van der Waals surface area contributed by atoms with E-state index in [1.165, 1.54) is 5.56 Å². The highest BCUT2D eigenvalue weighted by atomic mass is 16.2. The molecule has 17 heavy (non-hydrogen) atoms. The van der Waals surface area contributed by atoms with Crippen molar-refractivity contribution in [2.75, 3.05) is 6.54 Å². The van der Waals surface area contributed by atoms with Crippen LogP contribution in [0.25, 0.3) is 0 Å². The lowest BCUT2D eigenvalue weighted by Crippen LogP contribution is -2.46. The van der Waals surface area contributed by atoms with Crippen LogP contribution in [-0.2, 0) is 11.3 Å². The van der Waals surface area contributed by atoms with Gasteiger partial charge in [-0.1, -0.05) is 44.2 Å². The Morgan fingerprint density at radius 2 is 2.00 bits per heavy atom. The van der Waals surface area contributed by atoms with Gasteiger partial charge in [0.2, 0.25) is 5.91 Å². The molecule has 0 radical (unpaired) electrons. The number of carbonyl (C=O) groups excluding carboxylic acids is 1. The first-order valence-corrected chi connectivity index (χ1v) is 6.49. The van der Waals surface area contributed by atoms with Gasteiger partial charge >= 0.3 is 0 Å². The van der Waals surface area contributed by atoms with Gasteiger partial charge < -0.3 is 4.90 Å². The minimum Gasteiger partial charge on any atom is -0.338 e. The van der Waals surface area contributed by atoms with Gasteiger partial charge in [-0.2, -0.15) is 0 Å². The van der Waals surface area contributed by atoms with E-state index in [4.69, 9.17) is 0 Å². The summed E-state index contributed by atoms with van der Waals surface area (Å²) in [5.74, 6) is 0.329. The van der Waals surface area contributed by atoms with E-state index in [0.29, 0.717) is 5.91 Å². The molecule has 0 unspecified atom stereocenters.